The molecule has 1 aromatic rings. The molecule has 0 saturated carbocycles. The normalized spacial score (nSPS) is 12.2. The molecule has 21 heavy (non-hydrogen) atoms. The molecule has 0 unspecified atom stereocenters. The second-order valence-corrected chi connectivity index (χ2v) is 6.57. The van der Waals surface area contributed by atoms with Crippen molar-refractivity contribution in [2.24, 2.45) is 0 Å². The number of esters is 1. The first-order valence-corrected chi connectivity index (χ1v) is 7.38. The van der Waals surface area contributed by atoms with E-state index in [0.717, 1.165) is 7.11 Å². The molecule has 1 rings (SSSR count). The number of carboxylic acid groups (broad SMARTS) is 1. The van der Waals surface area contributed by atoms with Gasteiger partial charge in [-0.1, -0.05) is 0 Å². The number of carbonyl (C=O) groups is 2. The fourth-order valence-electron chi connectivity index (χ4n) is 1.76. The maximum Gasteiger partial charge on any atom is 0.342 e. The van der Waals surface area contributed by atoms with Crippen molar-refractivity contribution in [3.8, 4) is 0 Å². The number of ether oxygens (including phenoxy) is 1. The molecular formula is C12H17NO7S. The topological polar surface area (TPSA) is 123 Å². The summed E-state index contributed by atoms with van der Waals surface area (Å²) in [6.07, 6.45) is 0. The van der Waals surface area contributed by atoms with Gasteiger partial charge in [0.1, 0.15) is 27.5 Å². The maximum absolute atomic E-state index is 12.4. The second-order valence-electron chi connectivity index (χ2n) is 4.95. The molecule has 1 aromatic heterocycles. The minimum absolute atomic E-state index is 0.0263. The van der Waals surface area contributed by atoms with Crippen molar-refractivity contribution in [2.45, 2.75) is 38.1 Å². The number of carbonyl (C=O) groups excluding carboxylic acids is 1. The molecule has 0 spiro atoms. The van der Waals surface area contributed by atoms with E-state index in [1.807, 2.05) is 4.72 Å². The largest absolute Gasteiger partial charge is 0.480 e. The van der Waals surface area contributed by atoms with Crippen LogP contribution in [0.15, 0.2) is 9.31 Å². The highest BCUT2D eigenvalue weighted by molar-refractivity contribution is 7.89. The third-order valence-corrected chi connectivity index (χ3v) is 4.60. The van der Waals surface area contributed by atoms with Gasteiger partial charge in [-0.15, -0.1) is 0 Å². The van der Waals surface area contributed by atoms with E-state index in [2.05, 4.69) is 4.74 Å². The van der Waals surface area contributed by atoms with Crippen LogP contribution < -0.4 is 4.72 Å². The first-order chi connectivity index (χ1) is 9.44. The Balaban J connectivity index is 3.46. The lowest BCUT2D eigenvalue weighted by atomic mass is 10.1. The third-order valence-electron chi connectivity index (χ3n) is 2.79. The smallest absolute Gasteiger partial charge is 0.342 e. The van der Waals surface area contributed by atoms with E-state index < -0.39 is 32.4 Å². The third kappa shape index (κ3) is 3.24. The zero-order valence-electron chi connectivity index (χ0n) is 12.3. The molecule has 118 valence electrons. The van der Waals surface area contributed by atoms with Gasteiger partial charge in [0.15, 0.2) is 0 Å². The number of hydrogen-bond acceptors (Lipinski definition) is 6. The van der Waals surface area contributed by atoms with Crippen molar-refractivity contribution in [3.05, 3.63) is 17.1 Å². The van der Waals surface area contributed by atoms with Gasteiger partial charge in [0.25, 0.3) is 0 Å². The summed E-state index contributed by atoms with van der Waals surface area (Å²) in [5.74, 6) is -2.18. The number of aliphatic carboxylic acids is 1. The van der Waals surface area contributed by atoms with Gasteiger partial charge < -0.3 is 14.3 Å². The lowest BCUT2D eigenvalue weighted by Gasteiger charge is -2.20. The van der Waals surface area contributed by atoms with Crippen molar-refractivity contribution < 1.29 is 32.3 Å². The number of rotatable bonds is 5. The molecule has 0 bridgehead atoms. The summed E-state index contributed by atoms with van der Waals surface area (Å²) in [5.41, 5.74) is -1.99. The number of aryl methyl sites for hydroxylation is 2. The molecule has 0 saturated heterocycles. The summed E-state index contributed by atoms with van der Waals surface area (Å²) < 4.78 is 36.5. The van der Waals surface area contributed by atoms with Crippen LogP contribution in [0.3, 0.4) is 0 Å². The summed E-state index contributed by atoms with van der Waals surface area (Å²) in [5, 5.41) is 9.01. The van der Waals surface area contributed by atoms with Crippen LogP contribution in [-0.2, 0) is 19.6 Å². The van der Waals surface area contributed by atoms with Gasteiger partial charge in [0.2, 0.25) is 10.0 Å². The average Bonchev–Trinajstić information content (AvgIpc) is 2.62. The predicted molar refractivity (Wildman–Crippen MR) is 71.6 cm³/mol. The monoisotopic (exact) mass is 319 g/mol. The van der Waals surface area contributed by atoms with Crippen molar-refractivity contribution in [1.29, 1.82) is 0 Å². The van der Waals surface area contributed by atoms with Crippen LogP contribution in [0.4, 0.5) is 0 Å². The van der Waals surface area contributed by atoms with Gasteiger partial charge >= 0.3 is 11.9 Å². The summed E-state index contributed by atoms with van der Waals surface area (Å²) in [4.78, 5) is 22.4. The van der Waals surface area contributed by atoms with Crippen LogP contribution in [0.1, 0.15) is 35.7 Å². The van der Waals surface area contributed by atoms with Crippen LogP contribution in [-0.4, -0.2) is 38.1 Å². The SMILES string of the molecule is COC(=O)c1c(C)oc(C)c1S(=O)(=O)NC(C)(C)C(=O)O. The molecule has 0 aliphatic rings. The molecule has 1 heterocycles. The highest BCUT2D eigenvalue weighted by atomic mass is 32.2. The molecule has 0 aromatic carbocycles. The van der Waals surface area contributed by atoms with Crippen molar-refractivity contribution >= 4 is 22.0 Å². The van der Waals surface area contributed by atoms with Crippen molar-refractivity contribution in [1.82, 2.24) is 4.72 Å². The first kappa shape index (κ1) is 17.2. The van der Waals surface area contributed by atoms with Gasteiger partial charge in [-0.25, -0.2) is 13.2 Å². The van der Waals surface area contributed by atoms with Gasteiger partial charge in [-0.2, -0.15) is 4.72 Å². The van der Waals surface area contributed by atoms with E-state index in [0.29, 0.717) is 0 Å². The highest BCUT2D eigenvalue weighted by Crippen LogP contribution is 2.28. The zero-order valence-corrected chi connectivity index (χ0v) is 13.1. The van der Waals surface area contributed by atoms with Crippen LogP contribution in [0.2, 0.25) is 0 Å². The predicted octanol–water partition coefficient (Wildman–Crippen LogP) is 0.825. The Morgan fingerprint density at radius 1 is 1.24 bits per heavy atom. The number of sulfonamides is 1. The number of hydrogen-bond donors (Lipinski definition) is 2. The van der Waals surface area contributed by atoms with Gasteiger partial charge in [0, 0.05) is 0 Å². The quantitative estimate of drug-likeness (QED) is 0.770. The van der Waals surface area contributed by atoms with Crippen molar-refractivity contribution in [2.75, 3.05) is 7.11 Å². The van der Waals surface area contributed by atoms with Crippen LogP contribution in [0.25, 0.3) is 0 Å². The van der Waals surface area contributed by atoms with E-state index in [-0.39, 0.29) is 17.1 Å². The molecule has 0 fully saturated rings. The minimum Gasteiger partial charge on any atom is -0.480 e. The Hall–Kier alpha value is -1.87. The second kappa shape index (κ2) is 5.49. The summed E-state index contributed by atoms with van der Waals surface area (Å²) in [6.45, 7) is 5.16. The van der Waals surface area contributed by atoms with E-state index in [4.69, 9.17) is 9.52 Å². The zero-order chi connectivity index (χ0) is 16.6. The molecule has 8 nitrogen and oxygen atoms in total. The van der Waals surface area contributed by atoms with E-state index in [9.17, 15) is 18.0 Å². The summed E-state index contributed by atoms with van der Waals surface area (Å²) in [6, 6.07) is 0. The lowest BCUT2D eigenvalue weighted by Crippen LogP contribution is -2.49. The Morgan fingerprint density at radius 2 is 1.76 bits per heavy atom. The summed E-state index contributed by atoms with van der Waals surface area (Å²) in [7, 11) is -3.18. The highest BCUT2D eigenvalue weighted by Gasteiger charge is 2.38. The Morgan fingerprint density at radius 3 is 2.19 bits per heavy atom. The molecule has 0 atom stereocenters. The van der Waals surface area contributed by atoms with Gasteiger partial charge in [-0.3, -0.25) is 4.79 Å². The van der Waals surface area contributed by atoms with E-state index in [1.54, 1.807) is 0 Å². The fraction of sp³-hybridized carbons (Fsp3) is 0.500. The Kier molecular flexibility index (Phi) is 4.49. The summed E-state index contributed by atoms with van der Waals surface area (Å²) >= 11 is 0. The van der Waals surface area contributed by atoms with Gasteiger partial charge in [-0.05, 0) is 27.7 Å². The van der Waals surface area contributed by atoms with Crippen molar-refractivity contribution in [3.63, 3.8) is 0 Å². The number of carboxylic acids is 1. The molecule has 2 N–H and O–H groups in total. The van der Waals surface area contributed by atoms with Crippen LogP contribution >= 0.6 is 0 Å². The lowest BCUT2D eigenvalue weighted by molar-refractivity contribution is -0.142. The number of nitrogens with one attached hydrogen (secondary N) is 1. The van der Waals surface area contributed by atoms with Crippen LogP contribution in [0, 0.1) is 13.8 Å². The number of methoxy groups -OCH3 is 1. The molecule has 0 radical (unpaired) electrons. The molecule has 0 aliphatic heterocycles. The standard InChI is InChI=1S/C12H17NO7S/c1-6-8(10(14)19-5)9(7(2)20-6)21(17,18)13-12(3,4)11(15)16/h13H,1-5H3,(H,15,16). The fourth-order valence-corrected chi connectivity index (χ4v) is 3.53. The van der Waals surface area contributed by atoms with Gasteiger partial charge in [0.05, 0.1) is 7.11 Å². The van der Waals surface area contributed by atoms with Crippen LogP contribution in [0.5, 0.6) is 0 Å². The first-order valence-electron chi connectivity index (χ1n) is 5.89. The Labute approximate surface area is 122 Å². The van der Waals surface area contributed by atoms with E-state index in [1.165, 1.54) is 27.7 Å². The molecule has 0 amide bonds. The number of furan rings is 1. The molecular weight excluding hydrogens is 302 g/mol. The minimum atomic E-state index is -4.28. The van der Waals surface area contributed by atoms with E-state index >= 15 is 0 Å². The maximum atomic E-state index is 12.4. The average molecular weight is 319 g/mol. The molecule has 0 aliphatic carbocycles. The Bertz CT molecular complexity index is 685. The molecule has 9 heteroatoms.